The monoisotopic (exact) mass is 295 g/mol. The normalized spacial score (nSPS) is 11.2. The number of hydrogen-bond donors (Lipinski definition) is 1. The first-order chi connectivity index (χ1) is 9.52. The molecule has 8 heteroatoms. The minimum absolute atomic E-state index is 0.0415. The molecule has 2 rings (SSSR count). The van der Waals surface area contributed by atoms with Crippen LogP contribution >= 0.6 is 11.8 Å². The number of thioether (sulfide) groups is 1. The van der Waals surface area contributed by atoms with E-state index in [0.717, 1.165) is 23.3 Å². The van der Waals surface area contributed by atoms with Crippen molar-refractivity contribution in [3.63, 3.8) is 0 Å². The van der Waals surface area contributed by atoms with Crippen LogP contribution in [-0.4, -0.2) is 41.4 Å². The summed E-state index contributed by atoms with van der Waals surface area (Å²) in [6.45, 7) is 6.08. The Morgan fingerprint density at radius 1 is 1.45 bits per heavy atom. The number of aliphatic carboxylic acids is 1. The molecule has 0 aliphatic carbocycles. The summed E-state index contributed by atoms with van der Waals surface area (Å²) in [5, 5.41) is 21.8. The van der Waals surface area contributed by atoms with Crippen LogP contribution < -0.4 is 0 Å². The highest BCUT2D eigenvalue weighted by Gasteiger charge is 2.16. The zero-order chi connectivity index (χ0) is 14.7. The van der Waals surface area contributed by atoms with Crippen LogP contribution in [0, 0.1) is 0 Å². The van der Waals surface area contributed by atoms with Gasteiger partial charge in [0.15, 0.2) is 5.16 Å². The van der Waals surface area contributed by atoms with Crippen molar-refractivity contribution in [3.8, 4) is 5.69 Å². The molecule has 0 bridgehead atoms. The van der Waals surface area contributed by atoms with Gasteiger partial charge in [-0.15, -0.1) is 10.2 Å². The predicted octanol–water partition coefficient (Wildman–Crippen LogP) is 1.78. The average Bonchev–Trinajstić information content (AvgIpc) is 3.02. The van der Waals surface area contributed by atoms with Crippen molar-refractivity contribution in [2.24, 2.45) is 0 Å². The van der Waals surface area contributed by atoms with Crippen LogP contribution in [0.15, 0.2) is 17.6 Å². The van der Waals surface area contributed by atoms with Gasteiger partial charge in [-0.1, -0.05) is 18.7 Å². The lowest BCUT2D eigenvalue weighted by Gasteiger charge is -2.06. The van der Waals surface area contributed by atoms with E-state index in [0.29, 0.717) is 11.6 Å². The number of hydrogen-bond acceptors (Lipinski definition) is 5. The molecule has 0 aliphatic rings. The largest absolute Gasteiger partial charge is 0.481 e. The van der Waals surface area contributed by atoms with E-state index in [9.17, 15) is 4.79 Å². The Kier molecular flexibility index (Phi) is 4.43. The third-order valence-electron chi connectivity index (χ3n) is 2.72. The minimum Gasteiger partial charge on any atom is -0.481 e. The highest BCUT2D eigenvalue weighted by molar-refractivity contribution is 7.99. The second-order valence-electron chi connectivity index (χ2n) is 4.54. The Morgan fingerprint density at radius 2 is 2.20 bits per heavy atom. The number of nitrogens with zero attached hydrogens (tertiary/aromatic N) is 5. The van der Waals surface area contributed by atoms with Crippen LogP contribution in [0.3, 0.4) is 0 Å². The Morgan fingerprint density at radius 3 is 2.75 bits per heavy atom. The van der Waals surface area contributed by atoms with Crippen molar-refractivity contribution in [2.75, 3.05) is 5.75 Å². The second-order valence-corrected chi connectivity index (χ2v) is 5.48. The summed E-state index contributed by atoms with van der Waals surface area (Å²) >= 11 is 1.16. The lowest BCUT2D eigenvalue weighted by Crippen LogP contribution is -2.04. The average molecular weight is 295 g/mol. The maximum absolute atomic E-state index is 10.7. The zero-order valence-electron chi connectivity index (χ0n) is 11.6. The summed E-state index contributed by atoms with van der Waals surface area (Å²) in [5.74, 6) is -0.123. The van der Waals surface area contributed by atoms with E-state index in [1.807, 2.05) is 36.2 Å². The predicted molar refractivity (Wildman–Crippen MR) is 75.3 cm³/mol. The van der Waals surface area contributed by atoms with Gasteiger partial charge in [-0.05, 0) is 13.8 Å². The molecule has 0 unspecified atom stereocenters. The Balaban J connectivity index is 2.36. The fourth-order valence-electron chi connectivity index (χ4n) is 1.73. The molecule has 0 saturated carbocycles. The smallest absolute Gasteiger partial charge is 0.313 e. The van der Waals surface area contributed by atoms with Crippen molar-refractivity contribution in [1.29, 1.82) is 0 Å². The molecule has 108 valence electrons. The molecule has 0 aromatic carbocycles. The third kappa shape index (κ3) is 3.01. The van der Waals surface area contributed by atoms with E-state index in [1.165, 1.54) is 0 Å². The molecular formula is C12H17N5O2S. The summed E-state index contributed by atoms with van der Waals surface area (Å²) in [4.78, 5) is 10.7. The molecule has 0 spiro atoms. The fraction of sp³-hybridized carbons (Fsp3) is 0.500. The first-order valence-electron chi connectivity index (χ1n) is 6.36. The van der Waals surface area contributed by atoms with E-state index >= 15 is 0 Å². The molecule has 2 aromatic rings. The molecule has 0 aliphatic heterocycles. The maximum Gasteiger partial charge on any atom is 0.313 e. The quantitative estimate of drug-likeness (QED) is 0.818. The van der Waals surface area contributed by atoms with Crippen molar-refractivity contribution >= 4 is 17.7 Å². The first-order valence-corrected chi connectivity index (χ1v) is 7.35. The van der Waals surface area contributed by atoms with Crippen LogP contribution in [0.2, 0.25) is 0 Å². The van der Waals surface area contributed by atoms with Gasteiger partial charge in [-0.3, -0.25) is 14.0 Å². The van der Waals surface area contributed by atoms with Crippen LogP contribution in [0.25, 0.3) is 5.69 Å². The van der Waals surface area contributed by atoms with Gasteiger partial charge in [-0.25, -0.2) is 0 Å². The SMILES string of the molecule is CCc1nnc(SCC(=O)O)n1-c1cnn(C(C)C)c1. The van der Waals surface area contributed by atoms with E-state index < -0.39 is 5.97 Å². The van der Waals surface area contributed by atoms with Crippen LogP contribution in [0.4, 0.5) is 0 Å². The number of aryl methyl sites for hydroxylation is 1. The molecule has 1 N–H and O–H groups in total. The highest BCUT2D eigenvalue weighted by atomic mass is 32.2. The van der Waals surface area contributed by atoms with Crippen LogP contribution in [-0.2, 0) is 11.2 Å². The maximum atomic E-state index is 10.7. The molecule has 0 amide bonds. The zero-order valence-corrected chi connectivity index (χ0v) is 12.5. The molecule has 0 radical (unpaired) electrons. The van der Waals surface area contributed by atoms with Crippen LogP contribution in [0.5, 0.6) is 0 Å². The minimum atomic E-state index is -0.875. The Hall–Kier alpha value is -1.83. The van der Waals surface area contributed by atoms with Gasteiger partial charge in [0.05, 0.1) is 17.6 Å². The van der Waals surface area contributed by atoms with E-state index in [4.69, 9.17) is 5.11 Å². The topological polar surface area (TPSA) is 85.8 Å². The van der Waals surface area contributed by atoms with Gasteiger partial charge in [-0.2, -0.15) is 5.10 Å². The molecule has 7 nitrogen and oxygen atoms in total. The van der Waals surface area contributed by atoms with Crippen molar-refractivity contribution in [1.82, 2.24) is 24.5 Å². The molecular weight excluding hydrogens is 278 g/mol. The van der Waals surface area contributed by atoms with Gasteiger partial charge in [0.2, 0.25) is 0 Å². The van der Waals surface area contributed by atoms with Gasteiger partial charge >= 0.3 is 5.97 Å². The van der Waals surface area contributed by atoms with Gasteiger partial charge in [0.25, 0.3) is 0 Å². The summed E-state index contributed by atoms with van der Waals surface area (Å²) < 4.78 is 3.71. The Labute approximate surface area is 121 Å². The Bertz CT molecular complexity index is 605. The third-order valence-corrected chi connectivity index (χ3v) is 3.63. The van der Waals surface area contributed by atoms with Gasteiger partial charge < -0.3 is 5.11 Å². The lowest BCUT2D eigenvalue weighted by molar-refractivity contribution is -0.133. The molecule has 0 fully saturated rings. The van der Waals surface area contributed by atoms with Crippen LogP contribution in [0.1, 0.15) is 32.6 Å². The highest BCUT2D eigenvalue weighted by Crippen LogP contribution is 2.22. The number of carbonyl (C=O) groups is 1. The number of carboxylic acid groups (broad SMARTS) is 1. The number of aromatic nitrogens is 5. The van der Waals surface area contributed by atoms with E-state index in [1.54, 1.807) is 6.20 Å². The van der Waals surface area contributed by atoms with E-state index in [2.05, 4.69) is 15.3 Å². The van der Waals surface area contributed by atoms with Crippen molar-refractivity contribution in [2.45, 2.75) is 38.4 Å². The molecule has 0 saturated heterocycles. The molecule has 20 heavy (non-hydrogen) atoms. The summed E-state index contributed by atoms with van der Waals surface area (Å²) in [6.07, 6.45) is 4.37. The fourth-order valence-corrected chi connectivity index (χ4v) is 2.43. The number of rotatable bonds is 6. The standard InChI is InChI=1S/C12H17N5O2S/c1-4-10-14-15-12(20-7-11(18)19)17(10)9-5-13-16(6-9)8(2)3/h5-6,8H,4,7H2,1-3H3,(H,18,19). The van der Waals surface area contributed by atoms with E-state index in [-0.39, 0.29) is 11.8 Å². The summed E-state index contributed by atoms with van der Waals surface area (Å²) in [6, 6.07) is 0.264. The van der Waals surface area contributed by atoms with Gasteiger partial charge in [0, 0.05) is 18.7 Å². The molecule has 2 heterocycles. The first kappa shape index (κ1) is 14.6. The van der Waals surface area contributed by atoms with Crippen molar-refractivity contribution in [3.05, 3.63) is 18.2 Å². The number of carboxylic acids is 1. The summed E-state index contributed by atoms with van der Waals surface area (Å²) in [7, 11) is 0. The molecule has 2 aromatic heterocycles. The molecule has 0 atom stereocenters. The second kappa shape index (κ2) is 6.08. The summed E-state index contributed by atoms with van der Waals surface area (Å²) in [5.41, 5.74) is 0.855. The lowest BCUT2D eigenvalue weighted by atomic mass is 10.4. The van der Waals surface area contributed by atoms with Gasteiger partial charge in [0.1, 0.15) is 5.82 Å². The van der Waals surface area contributed by atoms with Crippen molar-refractivity contribution < 1.29 is 9.90 Å².